The second-order valence-electron chi connectivity index (χ2n) is 6.16. The number of benzene rings is 2. The summed E-state index contributed by atoms with van der Waals surface area (Å²) in [6.07, 6.45) is -1.14. The van der Waals surface area contributed by atoms with E-state index in [2.05, 4.69) is 15.9 Å². The van der Waals surface area contributed by atoms with Crippen LogP contribution in [-0.4, -0.2) is 20.5 Å². The topological polar surface area (TPSA) is 85.4 Å². The summed E-state index contributed by atoms with van der Waals surface area (Å²) in [6, 6.07) is 13.2. The third kappa shape index (κ3) is 2.40. The van der Waals surface area contributed by atoms with Crippen molar-refractivity contribution < 1.29 is 14.8 Å². The number of allylic oxidation sites excluding steroid dienone is 1. The first-order chi connectivity index (χ1) is 12.4. The molecule has 3 aromatic rings. The molecule has 0 radical (unpaired) electrons. The number of rotatable bonds is 3. The molecule has 0 spiro atoms. The van der Waals surface area contributed by atoms with Crippen molar-refractivity contribution in [3.8, 4) is 0 Å². The molecular formula is C19H13BrN2O4. The van der Waals surface area contributed by atoms with Crippen LogP contribution in [0.4, 0.5) is 5.69 Å². The Balaban J connectivity index is 1.78. The van der Waals surface area contributed by atoms with Crippen molar-refractivity contribution in [2.75, 3.05) is 0 Å². The third-order valence-corrected chi connectivity index (χ3v) is 5.17. The molecule has 7 heteroatoms. The molecule has 2 heterocycles. The fraction of sp³-hybridized carbons (Fsp3) is 0.105. The zero-order chi connectivity index (χ0) is 18.6. The van der Waals surface area contributed by atoms with Crippen LogP contribution >= 0.6 is 15.9 Å². The van der Waals surface area contributed by atoms with E-state index in [0.29, 0.717) is 16.7 Å². The van der Waals surface area contributed by atoms with Gasteiger partial charge in [0.25, 0.3) is 11.6 Å². The Kier molecular flexibility index (Phi) is 3.78. The Morgan fingerprint density at radius 1 is 1.15 bits per heavy atom. The number of halogens is 1. The molecule has 1 N–H and O–H groups in total. The zero-order valence-corrected chi connectivity index (χ0v) is 15.2. The monoisotopic (exact) mass is 412 g/mol. The Hall–Kier alpha value is -2.77. The molecule has 6 nitrogen and oxygen atoms in total. The molecule has 0 amide bonds. The third-order valence-electron chi connectivity index (χ3n) is 4.68. The van der Waals surface area contributed by atoms with E-state index < -0.39 is 11.0 Å². The largest absolute Gasteiger partial charge is 0.383 e. The van der Waals surface area contributed by atoms with Gasteiger partial charge in [0.1, 0.15) is 6.10 Å². The molecule has 0 saturated heterocycles. The fourth-order valence-corrected chi connectivity index (χ4v) is 3.75. The number of aliphatic hydroxyl groups excluding tert-OH is 1. The molecule has 26 heavy (non-hydrogen) atoms. The van der Waals surface area contributed by atoms with Gasteiger partial charge in [-0.05, 0) is 54.5 Å². The quantitative estimate of drug-likeness (QED) is 0.507. The number of carbonyl (C=O) groups is 1. The van der Waals surface area contributed by atoms with Crippen LogP contribution in [0.25, 0.3) is 16.5 Å². The van der Waals surface area contributed by atoms with Crippen molar-refractivity contribution in [1.82, 2.24) is 4.57 Å². The molecule has 0 aliphatic carbocycles. The molecular weight excluding hydrogens is 400 g/mol. The highest BCUT2D eigenvalue weighted by Crippen LogP contribution is 2.39. The zero-order valence-electron chi connectivity index (χ0n) is 13.6. The highest BCUT2D eigenvalue weighted by atomic mass is 79.9. The first kappa shape index (κ1) is 16.7. The van der Waals surface area contributed by atoms with Crippen molar-refractivity contribution in [3.05, 3.63) is 79.9 Å². The van der Waals surface area contributed by atoms with Gasteiger partial charge in [0.15, 0.2) is 0 Å². The van der Waals surface area contributed by atoms with Crippen LogP contribution in [0, 0.1) is 10.1 Å². The highest BCUT2D eigenvalue weighted by molar-refractivity contribution is 9.10. The Bertz CT molecular complexity index is 1110. The second kappa shape index (κ2) is 5.89. The molecule has 2 aromatic carbocycles. The lowest BCUT2D eigenvalue weighted by Gasteiger charge is -2.13. The molecule has 4 rings (SSSR count). The summed E-state index contributed by atoms with van der Waals surface area (Å²) in [7, 11) is 0. The van der Waals surface area contributed by atoms with Gasteiger partial charge in [0.2, 0.25) is 0 Å². The molecule has 1 aliphatic rings. The maximum Gasteiger partial charge on any atom is 0.269 e. The van der Waals surface area contributed by atoms with Gasteiger partial charge >= 0.3 is 0 Å². The standard InChI is InChI=1S/C19H13BrN2O4/c1-10-16-9-12-8-13(20)4-7-15(12)21(16)19(24)17(10)18(23)11-2-5-14(6-3-11)22(25)26/h2-9,18,23H,1H3. The van der Waals surface area contributed by atoms with E-state index in [1.54, 1.807) is 11.5 Å². The summed E-state index contributed by atoms with van der Waals surface area (Å²) in [5.41, 5.74) is 2.90. The highest BCUT2D eigenvalue weighted by Gasteiger charge is 2.33. The molecule has 1 aromatic heterocycles. The molecule has 1 aliphatic heterocycles. The van der Waals surface area contributed by atoms with Gasteiger partial charge in [0, 0.05) is 22.0 Å². The lowest BCUT2D eigenvalue weighted by atomic mass is 9.97. The van der Waals surface area contributed by atoms with Crippen LogP contribution in [0.15, 0.2) is 58.6 Å². The van der Waals surface area contributed by atoms with Crippen LogP contribution in [0.2, 0.25) is 0 Å². The average molecular weight is 413 g/mol. The number of nitro benzene ring substituents is 1. The summed E-state index contributed by atoms with van der Waals surface area (Å²) >= 11 is 3.42. The van der Waals surface area contributed by atoms with Crippen LogP contribution in [0.1, 0.15) is 29.1 Å². The van der Waals surface area contributed by atoms with E-state index in [-0.39, 0.29) is 11.6 Å². The van der Waals surface area contributed by atoms with Crippen LogP contribution in [0.5, 0.6) is 0 Å². The van der Waals surface area contributed by atoms with E-state index in [1.165, 1.54) is 24.3 Å². The Labute approximate surface area is 156 Å². The number of nitro groups is 1. The molecule has 0 saturated carbocycles. The molecule has 1 atom stereocenters. The summed E-state index contributed by atoms with van der Waals surface area (Å²) in [5.74, 6) is -0.277. The Morgan fingerprint density at radius 3 is 2.50 bits per heavy atom. The maximum absolute atomic E-state index is 13.0. The minimum absolute atomic E-state index is 0.0627. The Morgan fingerprint density at radius 2 is 1.85 bits per heavy atom. The number of non-ortho nitro benzene ring substituents is 1. The molecule has 0 bridgehead atoms. The van der Waals surface area contributed by atoms with E-state index in [0.717, 1.165) is 21.1 Å². The fourth-order valence-electron chi connectivity index (χ4n) is 3.37. The van der Waals surface area contributed by atoms with Gasteiger partial charge < -0.3 is 5.11 Å². The van der Waals surface area contributed by atoms with Crippen molar-refractivity contribution in [2.24, 2.45) is 0 Å². The van der Waals surface area contributed by atoms with Crippen molar-refractivity contribution in [2.45, 2.75) is 13.0 Å². The lowest BCUT2D eigenvalue weighted by Crippen LogP contribution is -2.14. The minimum Gasteiger partial charge on any atom is -0.383 e. The van der Waals surface area contributed by atoms with Crippen LogP contribution in [-0.2, 0) is 0 Å². The normalized spacial score (nSPS) is 14.8. The van der Waals surface area contributed by atoms with Gasteiger partial charge in [-0.25, -0.2) is 0 Å². The predicted molar refractivity (Wildman–Crippen MR) is 101 cm³/mol. The number of nitrogens with zero attached hydrogens (tertiary/aromatic N) is 2. The van der Waals surface area contributed by atoms with E-state index in [4.69, 9.17) is 0 Å². The van der Waals surface area contributed by atoms with Gasteiger partial charge in [0.05, 0.1) is 21.7 Å². The van der Waals surface area contributed by atoms with E-state index >= 15 is 0 Å². The molecule has 130 valence electrons. The summed E-state index contributed by atoms with van der Waals surface area (Å²) < 4.78 is 2.52. The van der Waals surface area contributed by atoms with Crippen LogP contribution < -0.4 is 0 Å². The summed E-state index contributed by atoms with van der Waals surface area (Å²) in [4.78, 5) is 23.3. The number of carbonyl (C=O) groups excluding carboxylic acids is 1. The minimum atomic E-state index is -1.14. The number of hydrogen-bond donors (Lipinski definition) is 1. The van der Waals surface area contributed by atoms with Crippen molar-refractivity contribution >= 4 is 44.0 Å². The van der Waals surface area contributed by atoms with Gasteiger partial charge in [-0.15, -0.1) is 0 Å². The van der Waals surface area contributed by atoms with Gasteiger partial charge in [-0.3, -0.25) is 19.5 Å². The molecule has 0 fully saturated rings. The SMILES string of the molecule is CC1=C(C(O)c2ccc([N+](=O)[O-])cc2)C(=O)n2c1cc1cc(Br)ccc12. The van der Waals surface area contributed by atoms with Crippen molar-refractivity contribution in [1.29, 1.82) is 0 Å². The van der Waals surface area contributed by atoms with Gasteiger partial charge in [-0.2, -0.15) is 0 Å². The number of fused-ring (bicyclic) bond motifs is 3. The lowest BCUT2D eigenvalue weighted by molar-refractivity contribution is -0.384. The van der Waals surface area contributed by atoms with E-state index in [9.17, 15) is 20.0 Å². The number of aliphatic hydroxyl groups is 1. The van der Waals surface area contributed by atoms with Crippen molar-refractivity contribution in [3.63, 3.8) is 0 Å². The molecule has 1 unspecified atom stereocenters. The summed E-state index contributed by atoms with van der Waals surface area (Å²) in [5, 5.41) is 22.4. The predicted octanol–water partition coefficient (Wildman–Crippen LogP) is 4.47. The summed E-state index contributed by atoms with van der Waals surface area (Å²) in [6.45, 7) is 1.80. The smallest absolute Gasteiger partial charge is 0.269 e. The first-order valence-corrected chi connectivity index (χ1v) is 8.67. The average Bonchev–Trinajstić information content (AvgIpc) is 3.10. The number of aromatic nitrogens is 1. The van der Waals surface area contributed by atoms with Crippen LogP contribution in [0.3, 0.4) is 0 Å². The number of hydrogen-bond acceptors (Lipinski definition) is 4. The maximum atomic E-state index is 13.0. The van der Waals surface area contributed by atoms with Gasteiger partial charge in [-0.1, -0.05) is 15.9 Å². The first-order valence-electron chi connectivity index (χ1n) is 7.87. The second-order valence-corrected chi connectivity index (χ2v) is 7.08. The van der Waals surface area contributed by atoms with E-state index in [1.807, 2.05) is 24.3 Å².